The largest absolute Gasteiger partial charge is 0.508 e. The molecule has 0 amide bonds. The zero-order valence-corrected chi connectivity index (χ0v) is 8.39. The minimum Gasteiger partial charge on any atom is -0.508 e. The van der Waals surface area contributed by atoms with Gasteiger partial charge in [0.15, 0.2) is 0 Å². The number of aromatic amines is 1. The summed E-state index contributed by atoms with van der Waals surface area (Å²) in [5, 5.41) is 9.11. The van der Waals surface area contributed by atoms with Crippen LogP contribution in [0.1, 0.15) is 4.88 Å². The lowest BCUT2D eigenvalue weighted by Crippen LogP contribution is -1.92. The van der Waals surface area contributed by atoms with Gasteiger partial charge in [-0.25, -0.2) is 0 Å². The molecule has 4 heteroatoms. The van der Waals surface area contributed by atoms with Crippen LogP contribution in [0.5, 0.6) is 5.75 Å². The molecule has 1 aromatic carbocycles. The Balaban J connectivity index is 2.54. The smallest absolute Gasteiger partial charge is 0.305 e. The Kier molecular flexibility index (Phi) is 2.13. The van der Waals surface area contributed by atoms with E-state index in [2.05, 4.69) is 4.98 Å². The van der Waals surface area contributed by atoms with Gasteiger partial charge in [0.2, 0.25) is 0 Å². The first-order chi connectivity index (χ1) is 6.66. The van der Waals surface area contributed by atoms with Crippen LogP contribution in [-0.2, 0) is 0 Å². The molecule has 0 spiro atoms. The molecular formula is C10H9NO2S. The van der Waals surface area contributed by atoms with Crippen LogP contribution in [0.25, 0.3) is 11.3 Å². The Labute approximate surface area is 84.7 Å². The van der Waals surface area contributed by atoms with Gasteiger partial charge in [-0.15, -0.1) is 0 Å². The second kappa shape index (κ2) is 3.31. The van der Waals surface area contributed by atoms with Crippen molar-refractivity contribution in [3.05, 3.63) is 38.8 Å². The number of rotatable bonds is 1. The van der Waals surface area contributed by atoms with Crippen LogP contribution in [0.4, 0.5) is 0 Å². The number of aryl methyl sites for hydroxylation is 1. The molecule has 0 fully saturated rings. The average Bonchev–Trinajstić information content (AvgIpc) is 2.47. The van der Waals surface area contributed by atoms with Crippen molar-refractivity contribution in [3.8, 4) is 17.0 Å². The maximum atomic E-state index is 11.1. The van der Waals surface area contributed by atoms with E-state index < -0.39 is 0 Å². The molecule has 0 aliphatic heterocycles. The molecule has 1 heterocycles. The summed E-state index contributed by atoms with van der Waals surface area (Å²) in [6.07, 6.45) is 0. The number of nitrogens with one attached hydrogen (secondary N) is 1. The van der Waals surface area contributed by atoms with Crippen molar-refractivity contribution in [1.29, 1.82) is 0 Å². The summed E-state index contributed by atoms with van der Waals surface area (Å²) in [6, 6.07) is 6.76. The van der Waals surface area contributed by atoms with Gasteiger partial charge in [-0.05, 0) is 36.8 Å². The summed E-state index contributed by atoms with van der Waals surface area (Å²) in [6.45, 7) is 1.89. The minimum absolute atomic E-state index is 0.0504. The molecule has 3 nitrogen and oxygen atoms in total. The van der Waals surface area contributed by atoms with Crippen LogP contribution in [0.3, 0.4) is 0 Å². The van der Waals surface area contributed by atoms with Gasteiger partial charge in [0.1, 0.15) is 5.75 Å². The number of aromatic hydroxyl groups is 1. The quantitative estimate of drug-likeness (QED) is 0.752. The fraction of sp³-hybridized carbons (Fsp3) is 0.100. The zero-order chi connectivity index (χ0) is 10.1. The van der Waals surface area contributed by atoms with Gasteiger partial charge >= 0.3 is 4.87 Å². The molecule has 0 aliphatic rings. The topological polar surface area (TPSA) is 53.1 Å². The molecule has 0 saturated carbocycles. The van der Waals surface area contributed by atoms with Crippen LogP contribution >= 0.6 is 11.3 Å². The Morgan fingerprint density at radius 1 is 1.29 bits per heavy atom. The van der Waals surface area contributed by atoms with Gasteiger partial charge in [0, 0.05) is 4.88 Å². The van der Waals surface area contributed by atoms with Crippen molar-refractivity contribution in [2.24, 2.45) is 0 Å². The summed E-state index contributed by atoms with van der Waals surface area (Å²) in [7, 11) is 0. The first kappa shape index (κ1) is 9.02. The van der Waals surface area contributed by atoms with Crippen molar-refractivity contribution in [3.63, 3.8) is 0 Å². The Hall–Kier alpha value is -1.55. The van der Waals surface area contributed by atoms with Gasteiger partial charge in [0.25, 0.3) is 0 Å². The van der Waals surface area contributed by atoms with Crippen molar-refractivity contribution < 1.29 is 5.11 Å². The van der Waals surface area contributed by atoms with E-state index in [-0.39, 0.29) is 10.6 Å². The van der Waals surface area contributed by atoms with Gasteiger partial charge in [-0.1, -0.05) is 11.3 Å². The van der Waals surface area contributed by atoms with E-state index in [1.807, 2.05) is 6.92 Å². The average molecular weight is 207 g/mol. The van der Waals surface area contributed by atoms with Gasteiger partial charge < -0.3 is 10.1 Å². The summed E-state index contributed by atoms with van der Waals surface area (Å²) < 4.78 is 0. The molecule has 0 bridgehead atoms. The van der Waals surface area contributed by atoms with Gasteiger partial charge in [0.05, 0.1) is 5.69 Å². The zero-order valence-electron chi connectivity index (χ0n) is 7.57. The second-order valence-electron chi connectivity index (χ2n) is 2.99. The predicted molar refractivity (Wildman–Crippen MR) is 56.8 cm³/mol. The van der Waals surface area contributed by atoms with E-state index in [9.17, 15) is 4.79 Å². The number of benzene rings is 1. The van der Waals surface area contributed by atoms with Crippen LogP contribution < -0.4 is 4.87 Å². The highest BCUT2D eigenvalue weighted by molar-refractivity contribution is 7.09. The highest BCUT2D eigenvalue weighted by Crippen LogP contribution is 2.23. The summed E-state index contributed by atoms with van der Waals surface area (Å²) in [5.74, 6) is 0.226. The van der Waals surface area contributed by atoms with Crippen molar-refractivity contribution in [2.45, 2.75) is 6.92 Å². The number of phenolic OH excluding ortho intramolecular Hbond substituents is 1. The number of aromatic nitrogens is 1. The monoisotopic (exact) mass is 207 g/mol. The fourth-order valence-electron chi connectivity index (χ4n) is 1.31. The van der Waals surface area contributed by atoms with Gasteiger partial charge in [-0.3, -0.25) is 4.79 Å². The van der Waals surface area contributed by atoms with E-state index >= 15 is 0 Å². The Bertz CT molecular complexity index is 496. The summed E-state index contributed by atoms with van der Waals surface area (Å²) >= 11 is 1.19. The molecule has 0 unspecified atom stereocenters. The van der Waals surface area contributed by atoms with E-state index in [0.717, 1.165) is 16.1 Å². The SMILES string of the molecule is Cc1sc(=O)[nH]c1-c1ccc(O)cc1. The number of H-pyrrole nitrogens is 1. The highest BCUT2D eigenvalue weighted by Gasteiger charge is 2.05. The minimum atomic E-state index is -0.0504. The second-order valence-corrected chi connectivity index (χ2v) is 4.18. The lowest BCUT2D eigenvalue weighted by atomic mass is 10.1. The third-order valence-electron chi connectivity index (χ3n) is 1.98. The van der Waals surface area contributed by atoms with Crippen LogP contribution in [0, 0.1) is 6.92 Å². The number of hydrogen-bond acceptors (Lipinski definition) is 3. The standard InChI is InChI=1S/C10H9NO2S/c1-6-9(11-10(13)14-6)7-2-4-8(12)5-3-7/h2-5,12H,1H3,(H,11,13). The maximum absolute atomic E-state index is 11.1. The Morgan fingerprint density at radius 3 is 2.43 bits per heavy atom. The summed E-state index contributed by atoms with van der Waals surface area (Å²) in [4.78, 5) is 14.7. The lowest BCUT2D eigenvalue weighted by molar-refractivity contribution is 0.475. The van der Waals surface area contributed by atoms with E-state index in [1.54, 1.807) is 24.3 Å². The maximum Gasteiger partial charge on any atom is 0.305 e. The third kappa shape index (κ3) is 1.56. The highest BCUT2D eigenvalue weighted by atomic mass is 32.1. The summed E-state index contributed by atoms with van der Waals surface area (Å²) in [5.41, 5.74) is 1.75. The molecular weight excluding hydrogens is 198 g/mol. The van der Waals surface area contributed by atoms with Crippen LogP contribution in [0.15, 0.2) is 29.1 Å². The number of phenols is 1. The van der Waals surface area contributed by atoms with Crippen LogP contribution in [0.2, 0.25) is 0 Å². The normalized spacial score (nSPS) is 10.4. The first-order valence-electron chi connectivity index (χ1n) is 4.16. The lowest BCUT2D eigenvalue weighted by Gasteiger charge is -1.98. The predicted octanol–water partition coefficient (Wildman–Crippen LogP) is 2.12. The fourth-order valence-corrected chi connectivity index (χ4v) is 2.01. The van der Waals surface area contributed by atoms with E-state index in [4.69, 9.17) is 5.11 Å². The van der Waals surface area contributed by atoms with Crippen molar-refractivity contribution >= 4 is 11.3 Å². The number of thiazole rings is 1. The van der Waals surface area contributed by atoms with Crippen LogP contribution in [-0.4, -0.2) is 10.1 Å². The Morgan fingerprint density at radius 2 is 1.93 bits per heavy atom. The van der Waals surface area contributed by atoms with E-state index in [1.165, 1.54) is 11.3 Å². The molecule has 2 rings (SSSR count). The number of hydrogen-bond donors (Lipinski definition) is 2. The molecule has 72 valence electrons. The molecule has 0 radical (unpaired) electrons. The molecule has 2 N–H and O–H groups in total. The van der Waals surface area contributed by atoms with Gasteiger partial charge in [-0.2, -0.15) is 0 Å². The third-order valence-corrected chi connectivity index (χ3v) is 2.78. The molecule has 14 heavy (non-hydrogen) atoms. The van der Waals surface area contributed by atoms with Crippen molar-refractivity contribution in [1.82, 2.24) is 4.98 Å². The van der Waals surface area contributed by atoms with E-state index in [0.29, 0.717) is 0 Å². The molecule has 1 aromatic heterocycles. The molecule has 0 atom stereocenters. The van der Waals surface area contributed by atoms with Crippen molar-refractivity contribution in [2.75, 3.05) is 0 Å². The molecule has 0 saturated heterocycles. The first-order valence-corrected chi connectivity index (χ1v) is 4.97. The molecule has 2 aromatic rings. The molecule has 0 aliphatic carbocycles.